The van der Waals surface area contributed by atoms with Crippen molar-refractivity contribution in [1.82, 2.24) is 9.97 Å². The Labute approximate surface area is 111 Å². The fraction of sp³-hybridized carbons (Fsp3) is 0.231. The van der Waals surface area contributed by atoms with E-state index in [0.717, 1.165) is 17.1 Å². The lowest BCUT2D eigenvalue weighted by atomic mass is 10.2. The second-order valence-electron chi connectivity index (χ2n) is 3.83. The van der Waals surface area contributed by atoms with Gasteiger partial charge in [-0.15, -0.1) is 0 Å². The maximum absolute atomic E-state index is 5.52. The van der Waals surface area contributed by atoms with Crippen LogP contribution in [0.15, 0.2) is 30.5 Å². The lowest BCUT2D eigenvalue weighted by Crippen LogP contribution is -2.05. The minimum atomic E-state index is 0.242. The number of hydrogen-bond acceptors (Lipinski definition) is 6. The van der Waals surface area contributed by atoms with Gasteiger partial charge in [-0.2, -0.15) is 4.98 Å². The van der Waals surface area contributed by atoms with Crippen LogP contribution in [0.4, 0.5) is 11.8 Å². The summed E-state index contributed by atoms with van der Waals surface area (Å²) in [6.07, 6.45) is 1.61. The number of hydrogen-bond donors (Lipinski definition) is 2. The quantitative estimate of drug-likeness (QED) is 0.851. The first kappa shape index (κ1) is 12.9. The zero-order valence-corrected chi connectivity index (χ0v) is 10.9. The molecule has 0 aliphatic rings. The number of nitrogens with one attached hydrogen (secondary N) is 1. The van der Waals surface area contributed by atoms with Crippen LogP contribution in [0.3, 0.4) is 0 Å². The molecule has 3 N–H and O–H groups in total. The van der Waals surface area contributed by atoms with Crippen LogP contribution in [0.2, 0.25) is 0 Å². The highest BCUT2D eigenvalue weighted by Gasteiger charge is 2.05. The first-order chi connectivity index (χ1) is 9.22. The van der Waals surface area contributed by atoms with Gasteiger partial charge in [0.25, 0.3) is 0 Å². The molecule has 1 aromatic heterocycles. The summed E-state index contributed by atoms with van der Waals surface area (Å²) in [5, 5.41) is 3.16. The van der Waals surface area contributed by atoms with Crippen molar-refractivity contribution in [3.05, 3.63) is 36.0 Å². The van der Waals surface area contributed by atoms with Crippen LogP contribution < -0.4 is 20.5 Å². The van der Waals surface area contributed by atoms with Gasteiger partial charge in [0.05, 0.1) is 14.2 Å². The van der Waals surface area contributed by atoms with Crippen LogP contribution in [0.5, 0.6) is 11.5 Å². The van der Waals surface area contributed by atoms with Gasteiger partial charge in [-0.1, -0.05) is 0 Å². The third kappa shape index (κ3) is 3.25. The molecule has 1 heterocycles. The van der Waals surface area contributed by atoms with Crippen molar-refractivity contribution in [2.45, 2.75) is 6.54 Å². The highest BCUT2D eigenvalue weighted by molar-refractivity contribution is 5.44. The Morgan fingerprint density at radius 2 is 2.05 bits per heavy atom. The Hall–Kier alpha value is -2.50. The monoisotopic (exact) mass is 260 g/mol. The van der Waals surface area contributed by atoms with Crippen LogP contribution in [0.1, 0.15) is 5.56 Å². The normalized spacial score (nSPS) is 10.0. The molecule has 0 saturated heterocycles. The van der Waals surface area contributed by atoms with E-state index in [0.29, 0.717) is 12.4 Å². The van der Waals surface area contributed by atoms with Crippen molar-refractivity contribution in [1.29, 1.82) is 0 Å². The average Bonchev–Trinajstić information content (AvgIpc) is 2.45. The molecule has 0 aliphatic carbocycles. The maximum atomic E-state index is 5.52. The van der Waals surface area contributed by atoms with Gasteiger partial charge in [0, 0.05) is 24.4 Å². The smallest absolute Gasteiger partial charge is 0.221 e. The van der Waals surface area contributed by atoms with E-state index < -0.39 is 0 Å². The van der Waals surface area contributed by atoms with Crippen LogP contribution in [-0.4, -0.2) is 24.2 Å². The fourth-order valence-electron chi connectivity index (χ4n) is 1.66. The van der Waals surface area contributed by atoms with E-state index in [4.69, 9.17) is 15.2 Å². The van der Waals surface area contributed by atoms with E-state index >= 15 is 0 Å². The number of ether oxygens (including phenoxy) is 2. The standard InChI is InChI=1S/C13H16N4O2/c1-18-10-4-3-9(11(7-10)19-2)8-16-12-5-6-15-13(14)17-12/h3-7H,8H2,1-2H3,(H3,14,15,16,17). The lowest BCUT2D eigenvalue weighted by Gasteiger charge is -2.11. The van der Waals surface area contributed by atoms with E-state index in [2.05, 4.69) is 15.3 Å². The molecular weight excluding hydrogens is 244 g/mol. The molecule has 0 saturated carbocycles. The van der Waals surface area contributed by atoms with Crippen LogP contribution in [0.25, 0.3) is 0 Å². The number of anilines is 2. The SMILES string of the molecule is COc1ccc(CNc2ccnc(N)n2)c(OC)c1. The van der Waals surface area contributed by atoms with E-state index in [1.807, 2.05) is 18.2 Å². The van der Waals surface area contributed by atoms with Gasteiger partial charge in [0.15, 0.2) is 0 Å². The molecule has 100 valence electrons. The molecule has 0 aliphatic heterocycles. The van der Waals surface area contributed by atoms with Crippen molar-refractivity contribution in [2.75, 3.05) is 25.3 Å². The summed E-state index contributed by atoms with van der Waals surface area (Å²) in [4.78, 5) is 7.90. The Bertz CT molecular complexity index is 560. The Morgan fingerprint density at radius 3 is 2.74 bits per heavy atom. The van der Waals surface area contributed by atoms with E-state index in [-0.39, 0.29) is 5.95 Å². The number of aromatic nitrogens is 2. The summed E-state index contributed by atoms with van der Waals surface area (Å²) in [5.74, 6) is 2.43. The average molecular weight is 260 g/mol. The number of nitrogens with zero attached hydrogens (tertiary/aromatic N) is 2. The van der Waals surface area contributed by atoms with Gasteiger partial charge in [-0.05, 0) is 18.2 Å². The zero-order valence-electron chi connectivity index (χ0n) is 10.9. The maximum Gasteiger partial charge on any atom is 0.221 e. The van der Waals surface area contributed by atoms with Gasteiger partial charge in [-0.3, -0.25) is 0 Å². The molecule has 0 bridgehead atoms. The molecule has 0 fully saturated rings. The number of nitrogen functional groups attached to an aromatic ring is 1. The molecule has 2 rings (SSSR count). The Kier molecular flexibility index (Phi) is 4.02. The van der Waals surface area contributed by atoms with Crippen LogP contribution in [-0.2, 0) is 6.54 Å². The highest BCUT2D eigenvalue weighted by atomic mass is 16.5. The molecule has 1 aromatic carbocycles. The zero-order chi connectivity index (χ0) is 13.7. The third-order valence-corrected chi connectivity index (χ3v) is 2.63. The van der Waals surface area contributed by atoms with Crippen LogP contribution >= 0.6 is 0 Å². The largest absolute Gasteiger partial charge is 0.497 e. The van der Waals surface area contributed by atoms with Crippen LogP contribution in [0, 0.1) is 0 Å². The number of rotatable bonds is 5. The summed E-state index contributed by atoms with van der Waals surface area (Å²) in [7, 11) is 3.25. The van der Waals surface area contributed by atoms with E-state index in [9.17, 15) is 0 Å². The van der Waals surface area contributed by atoms with E-state index in [1.54, 1.807) is 26.5 Å². The van der Waals surface area contributed by atoms with Gasteiger partial charge in [0.1, 0.15) is 17.3 Å². The molecule has 6 heteroatoms. The molecule has 0 amide bonds. The molecule has 0 spiro atoms. The predicted molar refractivity (Wildman–Crippen MR) is 73.3 cm³/mol. The molecule has 6 nitrogen and oxygen atoms in total. The summed E-state index contributed by atoms with van der Waals surface area (Å²) in [6, 6.07) is 7.42. The van der Waals surface area contributed by atoms with Crippen molar-refractivity contribution in [3.63, 3.8) is 0 Å². The minimum absolute atomic E-state index is 0.242. The Balaban J connectivity index is 2.11. The molecule has 2 aromatic rings. The highest BCUT2D eigenvalue weighted by Crippen LogP contribution is 2.25. The summed E-state index contributed by atoms with van der Waals surface area (Å²) < 4.78 is 10.5. The molecule has 0 unspecified atom stereocenters. The third-order valence-electron chi connectivity index (χ3n) is 2.63. The first-order valence-corrected chi connectivity index (χ1v) is 5.76. The molecule has 0 radical (unpaired) electrons. The fourth-order valence-corrected chi connectivity index (χ4v) is 1.66. The predicted octanol–water partition coefficient (Wildman–Crippen LogP) is 1.69. The first-order valence-electron chi connectivity index (χ1n) is 5.76. The minimum Gasteiger partial charge on any atom is -0.497 e. The van der Waals surface area contributed by atoms with Crippen molar-refractivity contribution in [3.8, 4) is 11.5 Å². The van der Waals surface area contributed by atoms with E-state index in [1.165, 1.54) is 0 Å². The summed E-state index contributed by atoms with van der Waals surface area (Å²) in [6.45, 7) is 0.573. The van der Waals surface area contributed by atoms with Gasteiger partial charge in [0.2, 0.25) is 5.95 Å². The topological polar surface area (TPSA) is 82.3 Å². The molecule has 0 atom stereocenters. The van der Waals surface area contributed by atoms with Gasteiger partial charge < -0.3 is 20.5 Å². The van der Waals surface area contributed by atoms with Gasteiger partial charge in [-0.25, -0.2) is 4.98 Å². The number of methoxy groups -OCH3 is 2. The van der Waals surface area contributed by atoms with Gasteiger partial charge >= 0.3 is 0 Å². The van der Waals surface area contributed by atoms with Crippen molar-refractivity contribution >= 4 is 11.8 Å². The van der Waals surface area contributed by atoms with Crippen molar-refractivity contribution < 1.29 is 9.47 Å². The number of benzene rings is 1. The number of nitrogens with two attached hydrogens (primary N) is 1. The van der Waals surface area contributed by atoms with Crippen molar-refractivity contribution in [2.24, 2.45) is 0 Å². The second kappa shape index (κ2) is 5.90. The molecule has 19 heavy (non-hydrogen) atoms. The summed E-state index contributed by atoms with van der Waals surface area (Å²) in [5.41, 5.74) is 6.52. The summed E-state index contributed by atoms with van der Waals surface area (Å²) >= 11 is 0. The Morgan fingerprint density at radius 1 is 1.21 bits per heavy atom. The molecular formula is C13H16N4O2. The lowest BCUT2D eigenvalue weighted by molar-refractivity contribution is 0.391. The second-order valence-corrected chi connectivity index (χ2v) is 3.83.